The van der Waals surface area contributed by atoms with Crippen LogP contribution in [0.2, 0.25) is 0 Å². The Hall–Kier alpha value is -3.71. The number of hydrogen-bond acceptors (Lipinski definition) is 5. The predicted octanol–water partition coefficient (Wildman–Crippen LogP) is 5.53. The summed E-state index contributed by atoms with van der Waals surface area (Å²) < 4.78 is 20.5. The van der Waals surface area contributed by atoms with E-state index in [0.29, 0.717) is 33.4 Å². The van der Waals surface area contributed by atoms with Crippen LogP contribution in [-0.2, 0) is 0 Å². The normalized spacial score (nSPS) is 12.2. The fraction of sp³-hybridized carbons (Fsp3) is 0.0870. The van der Waals surface area contributed by atoms with Crippen molar-refractivity contribution in [3.8, 4) is 40.3 Å². The topological polar surface area (TPSA) is 57.8 Å². The van der Waals surface area contributed by atoms with E-state index in [1.54, 1.807) is 16.7 Å². The molecule has 5 rings (SSSR count). The van der Waals surface area contributed by atoms with Gasteiger partial charge in [0.1, 0.15) is 11.5 Å². The minimum atomic E-state index is 0.0727. The Labute approximate surface area is 178 Å². The minimum absolute atomic E-state index is 0.0727. The van der Waals surface area contributed by atoms with Crippen LogP contribution in [0, 0.1) is 11.7 Å². The molecule has 0 fully saturated rings. The molecule has 6 nitrogen and oxygen atoms in total. The number of hydrogen-bond donors (Lipinski definition) is 1. The number of ether oxygens (including phenoxy) is 3. The summed E-state index contributed by atoms with van der Waals surface area (Å²) in [6.45, 7) is 2.01. The molecule has 7 heteroatoms. The van der Waals surface area contributed by atoms with Gasteiger partial charge in [-0.1, -0.05) is 18.2 Å². The second-order valence-electron chi connectivity index (χ2n) is 6.81. The molecule has 0 saturated heterocycles. The van der Waals surface area contributed by atoms with Crippen molar-refractivity contribution in [2.45, 2.75) is 6.92 Å². The zero-order valence-corrected chi connectivity index (χ0v) is 16.9. The summed E-state index contributed by atoms with van der Waals surface area (Å²) in [6.07, 6.45) is 0. The Morgan fingerprint density at radius 1 is 0.833 bits per heavy atom. The molecule has 4 aromatic rings. The van der Waals surface area contributed by atoms with Crippen LogP contribution in [0.15, 0.2) is 72.8 Å². The fourth-order valence-corrected chi connectivity index (χ4v) is 3.88. The quantitative estimate of drug-likeness (QED) is 0.442. The van der Waals surface area contributed by atoms with Crippen LogP contribution in [0.5, 0.6) is 28.9 Å². The van der Waals surface area contributed by atoms with Gasteiger partial charge in [-0.15, -0.1) is 0 Å². The number of nitrogens with zero attached hydrogens (tertiary/aromatic N) is 2. The first kappa shape index (κ1) is 18.3. The van der Waals surface area contributed by atoms with Crippen molar-refractivity contribution in [1.29, 1.82) is 0 Å². The minimum Gasteiger partial charge on any atom is -0.493 e. The van der Waals surface area contributed by atoms with E-state index >= 15 is 0 Å². The first-order valence-electron chi connectivity index (χ1n) is 9.38. The molecule has 0 radical (unpaired) electrons. The Morgan fingerprint density at radius 3 is 2.27 bits per heavy atom. The summed E-state index contributed by atoms with van der Waals surface area (Å²) >= 11 is 5.69. The van der Waals surface area contributed by atoms with Gasteiger partial charge in [0.2, 0.25) is 12.7 Å². The number of benzene rings is 3. The van der Waals surface area contributed by atoms with Crippen LogP contribution in [0.1, 0.15) is 5.69 Å². The number of aromatic nitrogens is 2. The molecule has 1 aromatic heterocycles. The third-order valence-corrected chi connectivity index (χ3v) is 5.31. The van der Waals surface area contributed by atoms with Crippen molar-refractivity contribution < 1.29 is 19.3 Å². The summed E-state index contributed by atoms with van der Waals surface area (Å²) in [4.78, 5) is 0. The number of imidazole rings is 1. The van der Waals surface area contributed by atoms with Crippen molar-refractivity contribution >= 4 is 12.2 Å². The molecule has 0 spiro atoms. The van der Waals surface area contributed by atoms with E-state index in [2.05, 4.69) is 0 Å². The van der Waals surface area contributed by atoms with Gasteiger partial charge in [-0.3, -0.25) is 9.13 Å². The van der Waals surface area contributed by atoms with Gasteiger partial charge in [0.15, 0.2) is 16.3 Å². The first-order valence-corrected chi connectivity index (χ1v) is 9.79. The van der Waals surface area contributed by atoms with Gasteiger partial charge in [0.05, 0.1) is 11.4 Å². The zero-order chi connectivity index (χ0) is 20.7. The van der Waals surface area contributed by atoms with Crippen molar-refractivity contribution in [2.75, 3.05) is 6.79 Å². The summed E-state index contributed by atoms with van der Waals surface area (Å²) in [5, 5.41) is 10.8. The van der Waals surface area contributed by atoms with E-state index in [0.717, 1.165) is 11.4 Å². The molecule has 1 aliphatic heterocycles. The molecule has 0 aliphatic carbocycles. The van der Waals surface area contributed by atoms with Crippen molar-refractivity contribution in [2.24, 2.45) is 0 Å². The standard InChI is InChI=1S/C23H18N2O4S/c1-15-22(26)25(17-9-12-20-21(13-17)28-14-27-20)23(30)24(15)16-7-10-19(11-8-16)29-18-5-3-2-4-6-18/h2-13,26H,14H2,1H3. The van der Waals surface area contributed by atoms with E-state index < -0.39 is 0 Å². The SMILES string of the molecule is Cc1c(O)n(-c2ccc3c(c2)OCO3)c(=S)n1-c1ccc(Oc2ccccc2)cc1. The van der Waals surface area contributed by atoms with Crippen molar-refractivity contribution in [3.63, 3.8) is 0 Å². The molecule has 0 amide bonds. The maximum Gasteiger partial charge on any atom is 0.231 e. The zero-order valence-electron chi connectivity index (χ0n) is 16.1. The average molecular weight is 418 g/mol. The van der Waals surface area contributed by atoms with Crippen LogP contribution in [0.3, 0.4) is 0 Å². The van der Waals surface area contributed by atoms with Gasteiger partial charge < -0.3 is 19.3 Å². The third-order valence-electron chi connectivity index (χ3n) is 4.94. The maximum atomic E-state index is 10.8. The number of aromatic hydroxyl groups is 1. The van der Waals surface area contributed by atoms with Crippen LogP contribution in [0.4, 0.5) is 0 Å². The van der Waals surface area contributed by atoms with Gasteiger partial charge in [-0.05, 0) is 67.7 Å². The Morgan fingerprint density at radius 2 is 1.50 bits per heavy atom. The highest BCUT2D eigenvalue weighted by molar-refractivity contribution is 7.71. The predicted molar refractivity (Wildman–Crippen MR) is 115 cm³/mol. The molecule has 3 aromatic carbocycles. The highest BCUT2D eigenvalue weighted by atomic mass is 32.1. The third kappa shape index (κ3) is 3.09. The van der Waals surface area contributed by atoms with E-state index in [9.17, 15) is 5.11 Å². The van der Waals surface area contributed by atoms with Gasteiger partial charge in [0.25, 0.3) is 0 Å². The number of para-hydroxylation sites is 1. The summed E-state index contributed by atoms with van der Waals surface area (Å²) in [5.74, 6) is 2.86. The van der Waals surface area contributed by atoms with E-state index in [4.69, 9.17) is 26.4 Å². The molecular formula is C23H18N2O4S. The summed E-state index contributed by atoms with van der Waals surface area (Å²) in [6, 6.07) is 22.6. The number of fused-ring (bicyclic) bond motifs is 1. The van der Waals surface area contributed by atoms with Gasteiger partial charge in [-0.2, -0.15) is 0 Å². The molecule has 1 N–H and O–H groups in total. The lowest BCUT2D eigenvalue weighted by atomic mass is 10.3. The molecule has 1 aliphatic rings. The largest absolute Gasteiger partial charge is 0.493 e. The molecular weight excluding hydrogens is 400 g/mol. The van der Waals surface area contributed by atoms with Gasteiger partial charge >= 0.3 is 0 Å². The lowest BCUT2D eigenvalue weighted by Crippen LogP contribution is -1.99. The van der Waals surface area contributed by atoms with Crippen LogP contribution < -0.4 is 14.2 Å². The fourth-order valence-electron chi connectivity index (χ4n) is 3.44. The van der Waals surface area contributed by atoms with Crippen LogP contribution in [-0.4, -0.2) is 21.0 Å². The summed E-state index contributed by atoms with van der Waals surface area (Å²) in [5.41, 5.74) is 2.16. The maximum absolute atomic E-state index is 10.8. The van der Waals surface area contributed by atoms with Gasteiger partial charge in [0, 0.05) is 11.8 Å². The highest BCUT2D eigenvalue weighted by Gasteiger charge is 2.19. The van der Waals surface area contributed by atoms with Crippen molar-refractivity contribution in [1.82, 2.24) is 9.13 Å². The monoisotopic (exact) mass is 418 g/mol. The van der Waals surface area contributed by atoms with Crippen LogP contribution >= 0.6 is 12.2 Å². The molecule has 0 unspecified atom stereocenters. The first-order chi connectivity index (χ1) is 14.6. The lowest BCUT2D eigenvalue weighted by Gasteiger charge is -2.09. The Bertz CT molecular complexity index is 1280. The Kier molecular flexibility index (Phi) is 4.44. The van der Waals surface area contributed by atoms with E-state index in [1.807, 2.05) is 72.2 Å². The molecule has 150 valence electrons. The smallest absolute Gasteiger partial charge is 0.231 e. The second-order valence-corrected chi connectivity index (χ2v) is 7.17. The average Bonchev–Trinajstić information content (AvgIpc) is 3.32. The lowest BCUT2D eigenvalue weighted by molar-refractivity contribution is 0.174. The molecule has 30 heavy (non-hydrogen) atoms. The van der Waals surface area contributed by atoms with E-state index in [1.165, 1.54) is 0 Å². The van der Waals surface area contributed by atoms with Crippen molar-refractivity contribution in [3.05, 3.63) is 83.3 Å². The van der Waals surface area contributed by atoms with Crippen LogP contribution in [0.25, 0.3) is 11.4 Å². The Balaban J connectivity index is 1.51. The molecule has 0 saturated carbocycles. The molecule has 2 heterocycles. The molecule has 0 bridgehead atoms. The van der Waals surface area contributed by atoms with E-state index in [-0.39, 0.29) is 12.7 Å². The second kappa shape index (κ2) is 7.27. The highest BCUT2D eigenvalue weighted by Crippen LogP contribution is 2.36. The summed E-state index contributed by atoms with van der Waals surface area (Å²) in [7, 11) is 0. The number of rotatable bonds is 4. The van der Waals surface area contributed by atoms with Gasteiger partial charge in [-0.25, -0.2) is 0 Å². The molecule has 0 atom stereocenters.